The van der Waals surface area contributed by atoms with Crippen LogP contribution in [0.3, 0.4) is 0 Å². The minimum Gasteiger partial charge on any atom is -0.351 e. The number of fused-ring (bicyclic) bond motifs is 1. The van der Waals surface area contributed by atoms with Gasteiger partial charge in [0.15, 0.2) is 0 Å². The predicted octanol–water partition coefficient (Wildman–Crippen LogP) is 4.23. The summed E-state index contributed by atoms with van der Waals surface area (Å²) in [6.45, 7) is 6.23. The fourth-order valence-corrected chi connectivity index (χ4v) is 1.90. The van der Waals surface area contributed by atoms with Crippen LogP contribution in [0.1, 0.15) is 10.5 Å². The van der Waals surface area contributed by atoms with Crippen LogP contribution in [0.5, 0.6) is 0 Å². The minimum atomic E-state index is -4.69. The lowest BCUT2D eigenvalue weighted by atomic mass is 10.2. The van der Waals surface area contributed by atoms with Crippen LogP contribution in [0.15, 0.2) is 60.8 Å². The van der Waals surface area contributed by atoms with Crippen molar-refractivity contribution in [1.82, 2.24) is 10.3 Å². The third-order valence-electron chi connectivity index (χ3n) is 3.03. The maximum atomic E-state index is 13.1. The second kappa shape index (κ2) is 6.12. The number of carbonyl (C=O) groups is 1. The number of amides is 1. The molecule has 3 nitrogen and oxygen atoms in total. The zero-order chi connectivity index (χ0) is 17.2. The van der Waals surface area contributed by atoms with Crippen molar-refractivity contribution in [2.45, 2.75) is 6.18 Å². The molecule has 7 heteroatoms. The number of benzene rings is 1. The van der Waals surface area contributed by atoms with E-state index < -0.39 is 29.2 Å². The summed E-state index contributed by atoms with van der Waals surface area (Å²) in [5.74, 6) is -1.29. The standard InChI is InChI=1S/C16H12F4N2O/c1-3-4-12(9(2)16(18,19)20)22-15(23)14-8-10-7-11(17)5-6-13(10)21-14/h3-8,21H,1-2H2,(H,22,23)/b12-4+. The first-order chi connectivity index (χ1) is 10.7. The van der Waals surface area contributed by atoms with Gasteiger partial charge in [0.05, 0.1) is 11.3 Å². The Kier molecular flexibility index (Phi) is 4.40. The van der Waals surface area contributed by atoms with Crippen molar-refractivity contribution in [2.75, 3.05) is 0 Å². The highest BCUT2D eigenvalue weighted by atomic mass is 19.4. The van der Waals surface area contributed by atoms with Gasteiger partial charge in [-0.25, -0.2) is 4.39 Å². The Hall–Kier alpha value is -2.83. The lowest BCUT2D eigenvalue weighted by molar-refractivity contribution is -0.0893. The summed E-state index contributed by atoms with van der Waals surface area (Å²) >= 11 is 0. The normalized spacial score (nSPS) is 12.3. The van der Waals surface area contributed by atoms with Crippen LogP contribution in [-0.4, -0.2) is 17.1 Å². The quantitative estimate of drug-likeness (QED) is 0.642. The van der Waals surface area contributed by atoms with Gasteiger partial charge < -0.3 is 10.3 Å². The molecule has 2 N–H and O–H groups in total. The molecule has 23 heavy (non-hydrogen) atoms. The molecule has 0 saturated heterocycles. The number of halogens is 4. The van der Waals surface area contributed by atoms with E-state index in [2.05, 4.69) is 23.5 Å². The summed E-state index contributed by atoms with van der Waals surface area (Å²) in [5, 5.41) is 2.55. The van der Waals surface area contributed by atoms with Gasteiger partial charge in [-0.15, -0.1) is 0 Å². The van der Waals surface area contributed by atoms with Gasteiger partial charge in [-0.3, -0.25) is 4.79 Å². The molecule has 1 aromatic carbocycles. The lowest BCUT2D eigenvalue weighted by Gasteiger charge is -2.14. The van der Waals surface area contributed by atoms with Crippen molar-refractivity contribution in [3.63, 3.8) is 0 Å². The van der Waals surface area contributed by atoms with Crippen LogP contribution in [-0.2, 0) is 0 Å². The number of carbonyl (C=O) groups excluding carboxylic acids is 1. The van der Waals surface area contributed by atoms with Crippen molar-refractivity contribution in [1.29, 1.82) is 0 Å². The monoisotopic (exact) mass is 324 g/mol. The third kappa shape index (κ3) is 3.68. The number of hydrogen-bond donors (Lipinski definition) is 2. The minimum absolute atomic E-state index is 0.00413. The van der Waals surface area contributed by atoms with Crippen LogP contribution in [0.25, 0.3) is 10.9 Å². The van der Waals surface area contributed by atoms with E-state index in [1.807, 2.05) is 0 Å². The Bertz CT molecular complexity index is 815. The van der Waals surface area contributed by atoms with Crippen LogP contribution >= 0.6 is 0 Å². The van der Waals surface area contributed by atoms with Gasteiger partial charge in [0.1, 0.15) is 11.5 Å². The average Bonchev–Trinajstić information content (AvgIpc) is 2.88. The molecular weight excluding hydrogens is 312 g/mol. The smallest absolute Gasteiger partial charge is 0.351 e. The average molecular weight is 324 g/mol. The van der Waals surface area contributed by atoms with Gasteiger partial charge >= 0.3 is 6.18 Å². The van der Waals surface area contributed by atoms with Crippen molar-refractivity contribution in [2.24, 2.45) is 0 Å². The molecule has 0 atom stereocenters. The Balaban J connectivity index is 2.29. The zero-order valence-electron chi connectivity index (χ0n) is 11.8. The number of alkyl halides is 3. The Morgan fingerprint density at radius 3 is 2.57 bits per heavy atom. The highest BCUT2D eigenvalue weighted by molar-refractivity contribution is 5.99. The maximum absolute atomic E-state index is 13.1. The van der Waals surface area contributed by atoms with Crippen LogP contribution < -0.4 is 5.32 Å². The predicted molar refractivity (Wildman–Crippen MR) is 79.2 cm³/mol. The molecule has 0 radical (unpaired) electrons. The molecule has 0 spiro atoms. The molecule has 0 fully saturated rings. The summed E-state index contributed by atoms with van der Waals surface area (Å²) in [6, 6.07) is 5.18. The Morgan fingerprint density at radius 2 is 1.96 bits per heavy atom. The summed E-state index contributed by atoms with van der Waals surface area (Å²) in [5.41, 5.74) is -1.23. The van der Waals surface area contributed by atoms with Crippen LogP contribution in [0.4, 0.5) is 17.6 Å². The molecular formula is C16H12F4N2O. The van der Waals surface area contributed by atoms with Gasteiger partial charge in [0, 0.05) is 10.9 Å². The number of aromatic amines is 1. The van der Waals surface area contributed by atoms with Gasteiger partial charge in [-0.1, -0.05) is 19.2 Å². The van der Waals surface area contributed by atoms with E-state index in [1.54, 1.807) is 0 Å². The number of rotatable bonds is 4. The van der Waals surface area contributed by atoms with E-state index >= 15 is 0 Å². The molecule has 0 bridgehead atoms. The second-order valence-corrected chi connectivity index (χ2v) is 4.66. The van der Waals surface area contributed by atoms with Gasteiger partial charge in [0.2, 0.25) is 0 Å². The van der Waals surface area contributed by atoms with Gasteiger partial charge in [-0.2, -0.15) is 13.2 Å². The van der Waals surface area contributed by atoms with E-state index in [0.717, 1.165) is 12.2 Å². The molecule has 2 aromatic rings. The third-order valence-corrected chi connectivity index (χ3v) is 3.03. The maximum Gasteiger partial charge on any atom is 0.417 e. The van der Waals surface area contributed by atoms with Crippen LogP contribution in [0.2, 0.25) is 0 Å². The molecule has 0 unspecified atom stereocenters. The summed E-state index contributed by atoms with van der Waals surface area (Å²) < 4.78 is 51.3. The summed E-state index contributed by atoms with van der Waals surface area (Å²) in [7, 11) is 0. The zero-order valence-corrected chi connectivity index (χ0v) is 11.8. The van der Waals surface area contributed by atoms with E-state index in [0.29, 0.717) is 10.9 Å². The first kappa shape index (κ1) is 16.5. The number of H-pyrrole nitrogens is 1. The van der Waals surface area contributed by atoms with Crippen LogP contribution in [0, 0.1) is 5.82 Å². The van der Waals surface area contributed by atoms with Crippen molar-refractivity contribution in [3.8, 4) is 0 Å². The number of hydrogen-bond acceptors (Lipinski definition) is 1. The van der Waals surface area contributed by atoms with E-state index in [1.165, 1.54) is 24.3 Å². The fraction of sp³-hybridized carbons (Fsp3) is 0.0625. The lowest BCUT2D eigenvalue weighted by Crippen LogP contribution is -2.28. The van der Waals surface area contributed by atoms with Crippen molar-refractivity contribution < 1.29 is 22.4 Å². The number of aromatic nitrogens is 1. The van der Waals surface area contributed by atoms with Crippen molar-refractivity contribution >= 4 is 16.8 Å². The molecule has 0 saturated carbocycles. The van der Waals surface area contributed by atoms with E-state index in [-0.39, 0.29) is 5.69 Å². The first-order valence-electron chi connectivity index (χ1n) is 6.41. The highest BCUT2D eigenvalue weighted by Gasteiger charge is 2.34. The largest absolute Gasteiger partial charge is 0.417 e. The Labute approximate surface area is 129 Å². The SMILES string of the molecule is C=C/C=C(/NC(=O)c1cc2cc(F)ccc2[nH]1)C(=C)C(F)(F)F. The van der Waals surface area contributed by atoms with E-state index in [9.17, 15) is 22.4 Å². The molecule has 2 rings (SSSR count). The molecule has 0 aliphatic rings. The summed E-state index contributed by atoms with van der Waals surface area (Å²) in [4.78, 5) is 14.8. The molecule has 0 aliphatic carbocycles. The van der Waals surface area contributed by atoms with Gasteiger partial charge in [0.25, 0.3) is 5.91 Å². The van der Waals surface area contributed by atoms with E-state index in [4.69, 9.17) is 0 Å². The fourth-order valence-electron chi connectivity index (χ4n) is 1.90. The molecule has 1 amide bonds. The molecule has 0 aliphatic heterocycles. The summed E-state index contributed by atoms with van der Waals surface area (Å²) in [6.07, 6.45) is -2.59. The molecule has 120 valence electrons. The second-order valence-electron chi connectivity index (χ2n) is 4.66. The number of nitrogens with one attached hydrogen (secondary N) is 2. The first-order valence-corrected chi connectivity index (χ1v) is 6.41. The molecule has 1 heterocycles. The van der Waals surface area contributed by atoms with Gasteiger partial charge in [-0.05, 0) is 30.3 Å². The van der Waals surface area contributed by atoms with Crippen molar-refractivity contribution in [3.05, 3.63) is 72.4 Å². The topological polar surface area (TPSA) is 44.9 Å². The molecule has 1 aromatic heterocycles. The number of allylic oxidation sites excluding steroid dienone is 3. The highest BCUT2D eigenvalue weighted by Crippen LogP contribution is 2.28. The Morgan fingerprint density at radius 1 is 1.26 bits per heavy atom.